The summed E-state index contributed by atoms with van der Waals surface area (Å²) in [5.41, 5.74) is 7.05. The Balaban J connectivity index is 2.04. The fourth-order valence-electron chi connectivity index (χ4n) is 1.40. The summed E-state index contributed by atoms with van der Waals surface area (Å²) in [4.78, 5) is 4.10. The topological polar surface area (TPSA) is 51.8 Å². The maximum absolute atomic E-state index is 12.8. The summed E-state index contributed by atoms with van der Waals surface area (Å²) in [5, 5.41) is 0.161. The van der Waals surface area contributed by atoms with Gasteiger partial charge in [0, 0.05) is 11.3 Å². The van der Waals surface area contributed by atoms with E-state index in [9.17, 15) is 4.39 Å². The van der Waals surface area contributed by atoms with E-state index in [4.69, 9.17) is 5.73 Å². The Bertz CT molecular complexity index is 458. The molecule has 0 saturated heterocycles. The highest BCUT2D eigenvalue weighted by Crippen LogP contribution is 2.30. The van der Waals surface area contributed by atoms with Gasteiger partial charge < -0.3 is 5.73 Å². The number of benzene rings is 1. The lowest BCUT2D eigenvalue weighted by atomic mass is 10.1. The molecular weight excluding hydrogens is 257 g/mol. The molecule has 6 heteroatoms. The van der Waals surface area contributed by atoms with E-state index in [1.807, 2.05) is 6.92 Å². The summed E-state index contributed by atoms with van der Waals surface area (Å²) >= 11 is 2.94. The van der Waals surface area contributed by atoms with Crippen molar-refractivity contribution in [2.24, 2.45) is 5.73 Å². The van der Waals surface area contributed by atoms with Crippen LogP contribution in [-0.4, -0.2) is 14.6 Å². The normalized spacial score (nSPS) is 14.5. The number of hydrogen-bond acceptors (Lipinski definition) is 5. The van der Waals surface area contributed by atoms with Gasteiger partial charge in [0.25, 0.3) is 0 Å². The molecule has 0 spiro atoms. The second-order valence-corrected chi connectivity index (χ2v) is 6.01. The highest BCUT2D eigenvalue weighted by atomic mass is 32.2. The van der Waals surface area contributed by atoms with Crippen LogP contribution in [0.1, 0.15) is 18.5 Å². The van der Waals surface area contributed by atoms with Gasteiger partial charge in [-0.05, 0) is 29.2 Å². The zero-order valence-electron chi connectivity index (χ0n) is 9.21. The first-order valence-electron chi connectivity index (χ1n) is 5.11. The fraction of sp³-hybridized carbons (Fsp3) is 0.273. The van der Waals surface area contributed by atoms with Crippen LogP contribution in [0.15, 0.2) is 34.9 Å². The zero-order chi connectivity index (χ0) is 12.3. The number of hydrogen-bond donors (Lipinski definition) is 1. The van der Waals surface area contributed by atoms with Crippen LogP contribution in [0.4, 0.5) is 4.39 Å². The van der Waals surface area contributed by atoms with Crippen LogP contribution < -0.4 is 5.73 Å². The van der Waals surface area contributed by atoms with Gasteiger partial charge in [-0.15, -0.1) is 0 Å². The van der Waals surface area contributed by atoms with Gasteiger partial charge in [0.05, 0.1) is 0 Å². The molecule has 0 aliphatic carbocycles. The third kappa shape index (κ3) is 3.24. The first-order valence-corrected chi connectivity index (χ1v) is 6.76. The highest BCUT2D eigenvalue weighted by molar-refractivity contribution is 8.01. The van der Waals surface area contributed by atoms with Gasteiger partial charge in [0.15, 0.2) is 4.34 Å². The highest BCUT2D eigenvalue weighted by Gasteiger charge is 2.17. The molecule has 0 bridgehead atoms. The van der Waals surface area contributed by atoms with Gasteiger partial charge in [-0.2, -0.15) is 4.37 Å². The largest absolute Gasteiger partial charge is 0.323 e. The molecule has 0 fully saturated rings. The van der Waals surface area contributed by atoms with E-state index < -0.39 is 0 Å². The van der Waals surface area contributed by atoms with Crippen molar-refractivity contribution in [3.8, 4) is 0 Å². The molecule has 0 amide bonds. The Kier molecular flexibility index (Phi) is 4.09. The molecule has 1 aromatic heterocycles. The number of rotatable bonds is 4. The Morgan fingerprint density at radius 2 is 2.06 bits per heavy atom. The summed E-state index contributed by atoms with van der Waals surface area (Å²) in [7, 11) is 0. The van der Waals surface area contributed by atoms with Crippen LogP contribution in [0.2, 0.25) is 0 Å². The second kappa shape index (κ2) is 5.57. The quantitative estimate of drug-likeness (QED) is 0.867. The average molecular weight is 269 g/mol. The lowest BCUT2D eigenvalue weighted by molar-refractivity contribution is 0.624. The molecule has 1 aromatic carbocycles. The van der Waals surface area contributed by atoms with Crippen LogP contribution in [0.3, 0.4) is 0 Å². The fourth-order valence-corrected chi connectivity index (χ4v) is 3.17. The van der Waals surface area contributed by atoms with Crippen LogP contribution in [-0.2, 0) is 0 Å². The van der Waals surface area contributed by atoms with Crippen molar-refractivity contribution < 1.29 is 4.39 Å². The minimum absolute atomic E-state index is 0.149. The molecule has 0 aliphatic heterocycles. The lowest BCUT2D eigenvalue weighted by Gasteiger charge is -2.18. The van der Waals surface area contributed by atoms with Gasteiger partial charge in [0.1, 0.15) is 12.1 Å². The molecule has 1 heterocycles. The van der Waals surface area contributed by atoms with E-state index in [0.717, 1.165) is 9.90 Å². The Hall–Kier alpha value is -0.980. The Labute approximate surface area is 107 Å². The first kappa shape index (κ1) is 12.5. The number of nitrogens with two attached hydrogens (primary N) is 1. The van der Waals surface area contributed by atoms with Crippen molar-refractivity contribution in [2.75, 3.05) is 0 Å². The van der Waals surface area contributed by atoms with Crippen molar-refractivity contribution in [3.05, 3.63) is 42.0 Å². The van der Waals surface area contributed by atoms with E-state index in [0.29, 0.717) is 0 Å². The number of aromatic nitrogens is 2. The van der Waals surface area contributed by atoms with Gasteiger partial charge in [0.2, 0.25) is 0 Å². The van der Waals surface area contributed by atoms with E-state index in [2.05, 4.69) is 9.36 Å². The zero-order valence-corrected chi connectivity index (χ0v) is 10.8. The summed E-state index contributed by atoms with van der Waals surface area (Å²) in [6, 6.07) is 6.15. The van der Waals surface area contributed by atoms with Crippen molar-refractivity contribution in [1.82, 2.24) is 9.36 Å². The van der Waals surface area contributed by atoms with Crippen molar-refractivity contribution in [2.45, 2.75) is 22.6 Å². The Morgan fingerprint density at radius 1 is 1.35 bits per heavy atom. The van der Waals surface area contributed by atoms with Crippen molar-refractivity contribution in [1.29, 1.82) is 0 Å². The maximum Gasteiger partial charge on any atom is 0.170 e. The average Bonchev–Trinajstić information content (AvgIpc) is 2.82. The van der Waals surface area contributed by atoms with Gasteiger partial charge in [-0.3, -0.25) is 0 Å². The molecule has 0 aliphatic rings. The van der Waals surface area contributed by atoms with Crippen molar-refractivity contribution in [3.63, 3.8) is 0 Å². The third-order valence-corrected chi connectivity index (χ3v) is 4.33. The van der Waals surface area contributed by atoms with E-state index in [1.54, 1.807) is 23.9 Å². The predicted octanol–water partition coefficient (Wildman–Crippen LogP) is 2.86. The molecule has 2 atom stereocenters. The Morgan fingerprint density at radius 3 is 2.65 bits per heavy atom. The van der Waals surface area contributed by atoms with Crippen LogP contribution in [0.25, 0.3) is 0 Å². The lowest BCUT2D eigenvalue weighted by Crippen LogP contribution is -2.20. The molecule has 0 radical (unpaired) electrons. The SMILES string of the molecule is CC(Sc1ncns1)C(N)c1ccc(F)cc1. The molecule has 17 heavy (non-hydrogen) atoms. The second-order valence-electron chi connectivity index (χ2n) is 3.61. The summed E-state index contributed by atoms with van der Waals surface area (Å²) < 4.78 is 17.6. The standard InChI is InChI=1S/C11H12FN3S2/c1-7(16-11-14-6-15-17-11)10(13)8-2-4-9(12)5-3-8/h2-7,10H,13H2,1H3. The molecule has 2 N–H and O–H groups in total. The van der Waals surface area contributed by atoms with Crippen molar-refractivity contribution >= 4 is 23.3 Å². The van der Waals surface area contributed by atoms with Gasteiger partial charge >= 0.3 is 0 Å². The molecule has 2 unspecified atom stereocenters. The summed E-state index contributed by atoms with van der Waals surface area (Å²) in [5.74, 6) is -0.245. The molecule has 3 nitrogen and oxygen atoms in total. The first-order chi connectivity index (χ1) is 8.16. The predicted molar refractivity (Wildman–Crippen MR) is 68.6 cm³/mol. The number of nitrogens with zero attached hydrogens (tertiary/aromatic N) is 2. The van der Waals surface area contributed by atoms with Gasteiger partial charge in [-0.25, -0.2) is 9.37 Å². The molecule has 0 saturated carbocycles. The molecule has 2 rings (SSSR count). The summed E-state index contributed by atoms with van der Waals surface area (Å²) in [6.45, 7) is 2.03. The van der Waals surface area contributed by atoms with Crippen LogP contribution in [0.5, 0.6) is 0 Å². The van der Waals surface area contributed by atoms with Crippen LogP contribution in [0, 0.1) is 5.82 Å². The van der Waals surface area contributed by atoms with Crippen LogP contribution >= 0.6 is 23.3 Å². The summed E-state index contributed by atoms with van der Waals surface area (Å²) in [6.07, 6.45) is 1.53. The molecule has 90 valence electrons. The maximum atomic E-state index is 12.8. The van der Waals surface area contributed by atoms with E-state index in [-0.39, 0.29) is 17.1 Å². The minimum Gasteiger partial charge on any atom is -0.323 e. The number of thioether (sulfide) groups is 1. The van der Waals surface area contributed by atoms with E-state index in [1.165, 1.54) is 30.0 Å². The number of halogens is 1. The van der Waals surface area contributed by atoms with E-state index >= 15 is 0 Å². The van der Waals surface area contributed by atoms with Gasteiger partial charge in [-0.1, -0.05) is 30.8 Å². The molecule has 2 aromatic rings. The minimum atomic E-state index is -0.245. The monoisotopic (exact) mass is 269 g/mol. The third-order valence-electron chi connectivity index (χ3n) is 2.39. The smallest absolute Gasteiger partial charge is 0.170 e. The molecular formula is C11H12FN3S2.